The lowest BCUT2D eigenvalue weighted by molar-refractivity contribution is 0.315. The zero-order valence-corrected chi connectivity index (χ0v) is 12.7. The molecule has 0 bridgehead atoms. The van der Waals surface area contributed by atoms with E-state index in [0.717, 1.165) is 13.1 Å². The van der Waals surface area contributed by atoms with Gasteiger partial charge in [0.2, 0.25) is 10.0 Å². The van der Waals surface area contributed by atoms with E-state index >= 15 is 0 Å². The molecule has 0 aromatic carbocycles. The Morgan fingerprint density at radius 3 is 2.68 bits per heavy atom. The van der Waals surface area contributed by atoms with E-state index in [-0.39, 0.29) is 16.4 Å². The van der Waals surface area contributed by atoms with Gasteiger partial charge >= 0.3 is 0 Å². The van der Waals surface area contributed by atoms with E-state index in [1.54, 1.807) is 10.9 Å². The fourth-order valence-electron chi connectivity index (χ4n) is 2.54. The van der Waals surface area contributed by atoms with E-state index in [9.17, 15) is 8.42 Å². The summed E-state index contributed by atoms with van der Waals surface area (Å²) in [6.45, 7) is 8.36. The van der Waals surface area contributed by atoms with E-state index < -0.39 is 10.0 Å². The molecule has 108 valence electrons. The Kier molecular flexibility index (Phi) is 3.72. The molecule has 0 aliphatic carbocycles. The largest absolute Gasteiger partial charge is 0.304 e. The number of rotatable bonds is 4. The van der Waals surface area contributed by atoms with E-state index in [0.29, 0.717) is 6.54 Å². The van der Waals surface area contributed by atoms with Crippen LogP contribution in [0.25, 0.3) is 0 Å². The summed E-state index contributed by atoms with van der Waals surface area (Å²) in [6.07, 6.45) is 2.96. The van der Waals surface area contributed by atoms with Crippen LogP contribution in [0.1, 0.15) is 20.8 Å². The molecule has 6 nitrogen and oxygen atoms in total. The first kappa shape index (κ1) is 14.5. The van der Waals surface area contributed by atoms with Crippen LogP contribution in [0.5, 0.6) is 0 Å². The predicted molar refractivity (Wildman–Crippen MR) is 73.3 cm³/mol. The fourth-order valence-corrected chi connectivity index (χ4v) is 3.89. The molecule has 0 amide bonds. The zero-order chi connectivity index (χ0) is 14.3. The summed E-state index contributed by atoms with van der Waals surface area (Å²) in [5.74, 6) is 0. The quantitative estimate of drug-likeness (QED) is 0.876. The number of likely N-dealkylation sites (N-methyl/N-ethyl adjacent to an activating group) is 1. The van der Waals surface area contributed by atoms with E-state index in [2.05, 4.69) is 28.6 Å². The zero-order valence-electron chi connectivity index (χ0n) is 11.9. The minimum Gasteiger partial charge on any atom is -0.304 e. The van der Waals surface area contributed by atoms with Crippen molar-refractivity contribution >= 4 is 10.0 Å². The van der Waals surface area contributed by atoms with Gasteiger partial charge in [0.25, 0.3) is 0 Å². The van der Waals surface area contributed by atoms with Crippen LogP contribution >= 0.6 is 0 Å². The van der Waals surface area contributed by atoms with Gasteiger partial charge in [-0.05, 0) is 19.4 Å². The maximum absolute atomic E-state index is 12.3. The summed E-state index contributed by atoms with van der Waals surface area (Å²) >= 11 is 0. The van der Waals surface area contributed by atoms with Gasteiger partial charge < -0.3 is 4.90 Å². The molecule has 1 saturated heterocycles. The molecule has 1 aromatic rings. The number of hydrogen-bond acceptors (Lipinski definition) is 4. The molecule has 2 heterocycles. The van der Waals surface area contributed by atoms with Gasteiger partial charge in [0.05, 0.1) is 6.20 Å². The number of likely N-dealkylation sites (tertiary alicyclic amines) is 1. The summed E-state index contributed by atoms with van der Waals surface area (Å²) in [5, 5.41) is 4.01. The monoisotopic (exact) mass is 286 g/mol. The molecule has 19 heavy (non-hydrogen) atoms. The number of nitrogens with zero attached hydrogens (tertiary/aromatic N) is 3. The first-order valence-electron chi connectivity index (χ1n) is 6.48. The number of hydrogen-bond donors (Lipinski definition) is 1. The highest BCUT2D eigenvalue weighted by Gasteiger charge is 2.40. The topological polar surface area (TPSA) is 67.2 Å². The van der Waals surface area contributed by atoms with E-state index in [4.69, 9.17) is 0 Å². The van der Waals surface area contributed by atoms with E-state index in [1.807, 2.05) is 14.0 Å². The Bertz CT molecular complexity index is 550. The molecule has 1 aliphatic rings. The smallest absolute Gasteiger partial charge is 0.244 e. The number of aryl methyl sites for hydroxylation is 1. The third kappa shape index (κ3) is 2.98. The molecule has 7 heteroatoms. The molecule has 1 atom stereocenters. The lowest BCUT2D eigenvalue weighted by Gasteiger charge is -2.26. The number of sulfonamides is 1. The van der Waals surface area contributed by atoms with Gasteiger partial charge in [-0.2, -0.15) is 5.10 Å². The molecule has 1 aromatic heterocycles. The van der Waals surface area contributed by atoms with Crippen molar-refractivity contribution in [1.82, 2.24) is 19.4 Å². The standard InChI is InChI=1S/C12H22N4O2S/c1-5-16-7-10(6-13-16)19(17,18)14-11-8-15(4)9-12(11,2)3/h6-7,11,14H,5,8-9H2,1-4H3. The lowest BCUT2D eigenvalue weighted by Crippen LogP contribution is -2.44. The second-order valence-electron chi connectivity index (χ2n) is 5.89. The fraction of sp³-hybridized carbons (Fsp3) is 0.750. The Morgan fingerprint density at radius 1 is 1.53 bits per heavy atom. The first-order chi connectivity index (χ1) is 8.74. The van der Waals surface area contributed by atoms with Gasteiger partial charge in [-0.3, -0.25) is 4.68 Å². The van der Waals surface area contributed by atoms with Crippen molar-refractivity contribution < 1.29 is 8.42 Å². The van der Waals surface area contributed by atoms with Gasteiger partial charge in [-0.25, -0.2) is 13.1 Å². The van der Waals surface area contributed by atoms with E-state index in [1.165, 1.54) is 6.20 Å². The second kappa shape index (κ2) is 4.88. The van der Waals surface area contributed by atoms with Gasteiger partial charge in [0, 0.05) is 31.9 Å². The van der Waals surface area contributed by atoms with Crippen LogP contribution in [-0.4, -0.2) is 49.3 Å². The predicted octanol–water partition coefficient (Wildman–Crippen LogP) is 0.521. The summed E-state index contributed by atoms with van der Waals surface area (Å²) in [4.78, 5) is 2.38. The van der Waals surface area contributed by atoms with Crippen LogP contribution in [0, 0.1) is 5.41 Å². The highest BCUT2D eigenvalue weighted by Crippen LogP contribution is 2.29. The summed E-state index contributed by atoms with van der Waals surface area (Å²) < 4.78 is 29.1. The Balaban J connectivity index is 2.18. The number of aromatic nitrogens is 2. The van der Waals surface area contributed by atoms with Crippen molar-refractivity contribution in [3.8, 4) is 0 Å². The van der Waals surface area contributed by atoms with Crippen LogP contribution in [-0.2, 0) is 16.6 Å². The van der Waals surface area contributed by atoms with Crippen LogP contribution < -0.4 is 4.72 Å². The summed E-state index contributed by atoms with van der Waals surface area (Å²) in [6, 6.07) is -0.0764. The second-order valence-corrected chi connectivity index (χ2v) is 7.60. The average Bonchev–Trinajstić information content (AvgIpc) is 2.83. The first-order valence-corrected chi connectivity index (χ1v) is 7.96. The highest BCUT2D eigenvalue weighted by molar-refractivity contribution is 7.89. The third-order valence-corrected chi connectivity index (χ3v) is 5.08. The SMILES string of the molecule is CCn1cc(S(=O)(=O)NC2CN(C)CC2(C)C)cn1. The average molecular weight is 286 g/mol. The minimum absolute atomic E-state index is 0.0669. The summed E-state index contributed by atoms with van der Waals surface area (Å²) in [5.41, 5.74) is -0.0669. The molecule has 0 spiro atoms. The van der Waals surface area contributed by atoms with Crippen molar-refractivity contribution in [3.63, 3.8) is 0 Å². The molecule has 1 fully saturated rings. The molecular formula is C12H22N4O2S. The minimum atomic E-state index is -3.49. The van der Waals surface area contributed by atoms with Crippen molar-refractivity contribution in [2.75, 3.05) is 20.1 Å². The lowest BCUT2D eigenvalue weighted by atomic mass is 9.89. The molecule has 0 saturated carbocycles. The molecule has 0 radical (unpaired) electrons. The molecule has 2 rings (SSSR count). The molecule has 1 aliphatic heterocycles. The maximum atomic E-state index is 12.3. The Morgan fingerprint density at radius 2 is 2.21 bits per heavy atom. The van der Waals surface area contributed by atoms with Gasteiger partial charge in [-0.1, -0.05) is 13.8 Å². The van der Waals surface area contributed by atoms with Gasteiger partial charge in [0.1, 0.15) is 4.90 Å². The van der Waals surface area contributed by atoms with Crippen LogP contribution in [0.3, 0.4) is 0 Å². The molecule has 1 unspecified atom stereocenters. The Hall–Kier alpha value is -0.920. The van der Waals surface area contributed by atoms with Crippen LogP contribution in [0.4, 0.5) is 0 Å². The maximum Gasteiger partial charge on any atom is 0.244 e. The summed E-state index contributed by atoms with van der Waals surface area (Å²) in [7, 11) is -1.48. The molecular weight excluding hydrogens is 264 g/mol. The molecule has 1 N–H and O–H groups in total. The van der Waals surface area contributed by atoms with Crippen LogP contribution in [0.2, 0.25) is 0 Å². The van der Waals surface area contributed by atoms with Crippen molar-refractivity contribution in [1.29, 1.82) is 0 Å². The normalized spacial score (nSPS) is 23.9. The third-order valence-electron chi connectivity index (χ3n) is 3.66. The van der Waals surface area contributed by atoms with Gasteiger partial charge in [-0.15, -0.1) is 0 Å². The van der Waals surface area contributed by atoms with Crippen molar-refractivity contribution in [2.45, 2.75) is 38.3 Å². The number of nitrogens with one attached hydrogen (secondary N) is 1. The Labute approximate surface area is 114 Å². The van der Waals surface area contributed by atoms with Crippen molar-refractivity contribution in [2.24, 2.45) is 5.41 Å². The van der Waals surface area contributed by atoms with Crippen LogP contribution in [0.15, 0.2) is 17.3 Å². The van der Waals surface area contributed by atoms with Crippen molar-refractivity contribution in [3.05, 3.63) is 12.4 Å². The highest BCUT2D eigenvalue weighted by atomic mass is 32.2. The van der Waals surface area contributed by atoms with Gasteiger partial charge in [0.15, 0.2) is 0 Å².